The lowest BCUT2D eigenvalue weighted by molar-refractivity contribution is 0.143. The van der Waals surface area contributed by atoms with Crippen LogP contribution in [0.3, 0.4) is 0 Å². The Morgan fingerprint density at radius 1 is 1.33 bits per heavy atom. The molecule has 0 fully saturated rings. The highest BCUT2D eigenvalue weighted by Gasteiger charge is 2.09. The lowest BCUT2D eigenvalue weighted by atomic mass is 10.1. The van der Waals surface area contributed by atoms with Crippen LogP contribution in [0, 0.1) is 5.82 Å². The van der Waals surface area contributed by atoms with Crippen molar-refractivity contribution in [1.29, 1.82) is 0 Å². The minimum absolute atomic E-state index is 0.114. The number of benzene rings is 1. The van der Waals surface area contributed by atoms with Crippen molar-refractivity contribution >= 4 is 11.6 Å². The number of hydrogen-bond donors (Lipinski definition) is 1. The van der Waals surface area contributed by atoms with Crippen molar-refractivity contribution < 1.29 is 9.50 Å². The van der Waals surface area contributed by atoms with Gasteiger partial charge in [-0.3, -0.25) is 0 Å². The third-order valence-corrected chi connectivity index (χ3v) is 3.42. The van der Waals surface area contributed by atoms with Gasteiger partial charge in [0.25, 0.3) is 0 Å². The predicted octanol–water partition coefficient (Wildman–Crippen LogP) is 3.11. The summed E-state index contributed by atoms with van der Waals surface area (Å²) in [6.45, 7) is 7.07. The molecule has 0 aliphatic heterocycles. The fourth-order valence-electron chi connectivity index (χ4n) is 1.91. The molecule has 0 saturated carbocycles. The highest BCUT2D eigenvalue weighted by Crippen LogP contribution is 2.17. The molecule has 102 valence electrons. The van der Waals surface area contributed by atoms with Crippen LogP contribution < -0.4 is 0 Å². The summed E-state index contributed by atoms with van der Waals surface area (Å²) in [7, 11) is 0. The van der Waals surface area contributed by atoms with Gasteiger partial charge in [-0.1, -0.05) is 31.5 Å². The first-order valence-corrected chi connectivity index (χ1v) is 6.79. The van der Waals surface area contributed by atoms with Gasteiger partial charge in [-0.25, -0.2) is 4.39 Å². The Hall–Kier alpha value is -0.640. The zero-order valence-corrected chi connectivity index (χ0v) is 11.8. The Kier molecular flexibility index (Phi) is 6.61. The molecule has 1 N–H and O–H groups in total. The van der Waals surface area contributed by atoms with Crippen molar-refractivity contribution in [3.05, 3.63) is 34.6 Å². The monoisotopic (exact) mass is 273 g/mol. The molecule has 2 nitrogen and oxygen atoms in total. The molecule has 1 aromatic rings. The van der Waals surface area contributed by atoms with Gasteiger partial charge < -0.3 is 10.0 Å². The molecule has 4 heteroatoms. The Bertz CT molecular complexity index is 369. The SMILES string of the molecule is CCN(CC)CCC(O)Cc1ccc(F)c(Cl)c1. The van der Waals surface area contributed by atoms with E-state index in [4.69, 9.17) is 11.6 Å². The van der Waals surface area contributed by atoms with Crippen LogP contribution in [0.1, 0.15) is 25.8 Å². The van der Waals surface area contributed by atoms with E-state index in [-0.39, 0.29) is 5.02 Å². The third kappa shape index (κ3) is 4.92. The first-order chi connectivity index (χ1) is 8.56. The minimum Gasteiger partial charge on any atom is -0.393 e. The Balaban J connectivity index is 2.44. The Labute approximate surface area is 113 Å². The van der Waals surface area contributed by atoms with E-state index in [2.05, 4.69) is 18.7 Å². The molecule has 0 radical (unpaired) electrons. The Morgan fingerprint density at radius 3 is 2.56 bits per heavy atom. The largest absolute Gasteiger partial charge is 0.393 e. The molecule has 0 saturated heterocycles. The molecule has 0 spiro atoms. The average molecular weight is 274 g/mol. The molecule has 1 rings (SSSR count). The quantitative estimate of drug-likeness (QED) is 0.825. The average Bonchev–Trinajstić information content (AvgIpc) is 2.35. The van der Waals surface area contributed by atoms with Crippen molar-refractivity contribution in [2.24, 2.45) is 0 Å². The fourth-order valence-corrected chi connectivity index (χ4v) is 2.12. The van der Waals surface area contributed by atoms with Crippen LogP contribution in [0.25, 0.3) is 0 Å². The van der Waals surface area contributed by atoms with Gasteiger partial charge >= 0.3 is 0 Å². The van der Waals surface area contributed by atoms with Crippen molar-refractivity contribution in [2.45, 2.75) is 32.8 Å². The standard InChI is InChI=1S/C14H21ClFNO/c1-3-17(4-2)8-7-12(18)9-11-5-6-14(16)13(15)10-11/h5-6,10,12,18H,3-4,7-9H2,1-2H3. The second-order valence-electron chi connectivity index (χ2n) is 4.42. The number of nitrogens with zero attached hydrogens (tertiary/aromatic N) is 1. The van der Waals surface area contributed by atoms with E-state index in [9.17, 15) is 9.50 Å². The number of hydrogen-bond acceptors (Lipinski definition) is 2. The van der Waals surface area contributed by atoms with Gasteiger partial charge in [0.15, 0.2) is 0 Å². The van der Waals surface area contributed by atoms with E-state index in [1.165, 1.54) is 6.07 Å². The maximum atomic E-state index is 13.0. The zero-order valence-electron chi connectivity index (χ0n) is 11.0. The lowest BCUT2D eigenvalue weighted by Crippen LogP contribution is -2.27. The molecule has 1 aromatic carbocycles. The maximum absolute atomic E-state index is 13.0. The van der Waals surface area contributed by atoms with Crippen LogP contribution in [-0.2, 0) is 6.42 Å². The van der Waals surface area contributed by atoms with Crippen LogP contribution in [0.15, 0.2) is 18.2 Å². The molecule has 1 unspecified atom stereocenters. The van der Waals surface area contributed by atoms with Crippen molar-refractivity contribution in [1.82, 2.24) is 4.90 Å². The summed E-state index contributed by atoms with van der Waals surface area (Å²) < 4.78 is 13.0. The van der Waals surface area contributed by atoms with Gasteiger partial charge in [0.2, 0.25) is 0 Å². The zero-order chi connectivity index (χ0) is 13.5. The number of aliphatic hydroxyl groups is 1. The summed E-state index contributed by atoms with van der Waals surface area (Å²) in [6, 6.07) is 4.59. The normalized spacial score (nSPS) is 13.0. The van der Waals surface area contributed by atoms with Gasteiger partial charge in [0.1, 0.15) is 5.82 Å². The maximum Gasteiger partial charge on any atom is 0.141 e. The molecule has 0 amide bonds. The minimum atomic E-state index is -0.418. The Morgan fingerprint density at radius 2 is 2.00 bits per heavy atom. The van der Waals surface area contributed by atoms with Crippen LogP contribution in [-0.4, -0.2) is 35.7 Å². The van der Waals surface area contributed by atoms with Crippen molar-refractivity contribution in [3.63, 3.8) is 0 Å². The highest BCUT2D eigenvalue weighted by atomic mass is 35.5. The third-order valence-electron chi connectivity index (χ3n) is 3.13. The second-order valence-corrected chi connectivity index (χ2v) is 4.83. The van der Waals surface area contributed by atoms with Gasteiger partial charge in [-0.2, -0.15) is 0 Å². The van der Waals surface area contributed by atoms with Crippen molar-refractivity contribution in [3.8, 4) is 0 Å². The van der Waals surface area contributed by atoms with Crippen LogP contribution in [0.4, 0.5) is 4.39 Å². The molecule has 0 aromatic heterocycles. The second kappa shape index (κ2) is 7.72. The lowest BCUT2D eigenvalue weighted by Gasteiger charge is -2.20. The van der Waals surface area contributed by atoms with E-state index < -0.39 is 11.9 Å². The summed E-state index contributed by atoms with van der Waals surface area (Å²) in [4.78, 5) is 2.26. The van der Waals surface area contributed by atoms with Gasteiger partial charge in [-0.15, -0.1) is 0 Å². The summed E-state index contributed by atoms with van der Waals surface area (Å²) in [5, 5.41) is 10.1. The molecular weight excluding hydrogens is 253 g/mol. The van der Waals surface area contributed by atoms with Gasteiger partial charge in [0.05, 0.1) is 11.1 Å². The van der Waals surface area contributed by atoms with Gasteiger partial charge in [0, 0.05) is 6.54 Å². The molecule has 0 heterocycles. The summed E-state index contributed by atoms with van der Waals surface area (Å²) >= 11 is 5.70. The van der Waals surface area contributed by atoms with E-state index in [0.29, 0.717) is 6.42 Å². The highest BCUT2D eigenvalue weighted by molar-refractivity contribution is 6.30. The molecule has 0 aliphatic rings. The molecule has 1 atom stereocenters. The van der Waals surface area contributed by atoms with E-state index >= 15 is 0 Å². The first kappa shape index (κ1) is 15.4. The number of aliphatic hydroxyl groups excluding tert-OH is 1. The number of halogens is 2. The first-order valence-electron chi connectivity index (χ1n) is 6.41. The number of rotatable bonds is 7. The summed E-state index contributed by atoms with van der Waals surface area (Å²) in [6.07, 6.45) is 0.824. The van der Waals surface area contributed by atoms with Gasteiger partial charge in [-0.05, 0) is 43.6 Å². The van der Waals surface area contributed by atoms with E-state index in [0.717, 1.165) is 31.6 Å². The molecule has 0 bridgehead atoms. The summed E-state index contributed by atoms with van der Waals surface area (Å²) in [5.41, 5.74) is 0.869. The molecule has 18 heavy (non-hydrogen) atoms. The van der Waals surface area contributed by atoms with E-state index in [1.807, 2.05) is 0 Å². The van der Waals surface area contributed by atoms with Crippen LogP contribution >= 0.6 is 11.6 Å². The molecular formula is C14H21ClFNO. The fraction of sp³-hybridized carbons (Fsp3) is 0.571. The summed E-state index contributed by atoms with van der Waals surface area (Å²) in [5.74, 6) is -0.418. The smallest absolute Gasteiger partial charge is 0.141 e. The van der Waals surface area contributed by atoms with E-state index in [1.54, 1.807) is 12.1 Å². The van der Waals surface area contributed by atoms with Crippen LogP contribution in [0.2, 0.25) is 5.02 Å². The topological polar surface area (TPSA) is 23.5 Å². The molecule has 0 aliphatic carbocycles. The predicted molar refractivity (Wildman–Crippen MR) is 73.5 cm³/mol. The van der Waals surface area contributed by atoms with Crippen molar-refractivity contribution in [2.75, 3.05) is 19.6 Å². The van der Waals surface area contributed by atoms with Crippen LogP contribution in [0.5, 0.6) is 0 Å².